The topological polar surface area (TPSA) is 75.1 Å². The molecule has 1 unspecified atom stereocenters. The van der Waals surface area contributed by atoms with Crippen molar-refractivity contribution in [1.82, 2.24) is 9.97 Å². The average Bonchev–Trinajstić information content (AvgIpc) is 2.82. The Morgan fingerprint density at radius 2 is 1.70 bits per heavy atom. The van der Waals surface area contributed by atoms with Crippen LogP contribution >= 0.6 is 23.4 Å². The lowest BCUT2D eigenvalue weighted by Crippen LogP contribution is -2.17. The van der Waals surface area contributed by atoms with Crippen LogP contribution in [0.2, 0.25) is 5.15 Å². The van der Waals surface area contributed by atoms with E-state index in [1.807, 2.05) is 18.2 Å². The highest BCUT2D eigenvalue weighted by Crippen LogP contribution is 2.27. The van der Waals surface area contributed by atoms with Gasteiger partial charge in [-0.3, -0.25) is 4.79 Å². The van der Waals surface area contributed by atoms with E-state index in [0.29, 0.717) is 29.1 Å². The molecule has 3 rings (SSSR count). The maximum atomic E-state index is 11.7. The van der Waals surface area contributed by atoms with Crippen LogP contribution in [-0.4, -0.2) is 26.3 Å². The SMILES string of the molecule is CCCCCCCC(Sc1nc(Cl)cc(NCc2ccc(-c3ccccc3)cc2)n1)C(=O)O. The number of anilines is 1. The van der Waals surface area contributed by atoms with E-state index in [1.54, 1.807) is 6.07 Å². The summed E-state index contributed by atoms with van der Waals surface area (Å²) in [7, 11) is 0. The highest BCUT2D eigenvalue weighted by Gasteiger charge is 2.20. The Hall–Kier alpha value is -2.57. The second kappa shape index (κ2) is 13.2. The summed E-state index contributed by atoms with van der Waals surface area (Å²) in [5, 5.41) is 13.0. The molecule has 0 saturated heterocycles. The molecular weight excluding hydrogens is 454 g/mol. The summed E-state index contributed by atoms with van der Waals surface area (Å²) in [6.45, 7) is 2.74. The van der Waals surface area contributed by atoms with Crippen LogP contribution in [0, 0.1) is 0 Å². The third-order valence-electron chi connectivity index (χ3n) is 5.30. The number of halogens is 1. The minimum absolute atomic E-state index is 0.293. The van der Waals surface area contributed by atoms with Crippen molar-refractivity contribution in [2.75, 3.05) is 5.32 Å². The first-order valence-electron chi connectivity index (χ1n) is 11.4. The first kappa shape index (κ1) is 25.1. The highest BCUT2D eigenvalue weighted by molar-refractivity contribution is 8.00. The molecule has 1 heterocycles. The normalized spacial score (nSPS) is 11.8. The first-order chi connectivity index (χ1) is 16.0. The van der Waals surface area contributed by atoms with Crippen LogP contribution in [0.1, 0.15) is 51.0 Å². The largest absolute Gasteiger partial charge is 0.480 e. The number of aliphatic carboxylic acids is 1. The first-order valence-corrected chi connectivity index (χ1v) is 12.6. The third-order valence-corrected chi connectivity index (χ3v) is 6.61. The molecule has 2 N–H and O–H groups in total. The van der Waals surface area contributed by atoms with E-state index in [4.69, 9.17) is 11.6 Å². The minimum atomic E-state index is -0.841. The second-order valence-corrected chi connectivity index (χ2v) is 9.48. The number of carboxylic acids is 1. The lowest BCUT2D eigenvalue weighted by atomic mass is 10.0. The third kappa shape index (κ3) is 8.37. The van der Waals surface area contributed by atoms with Gasteiger partial charge in [-0.15, -0.1) is 0 Å². The molecule has 0 amide bonds. The number of thioether (sulfide) groups is 1. The monoisotopic (exact) mass is 483 g/mol. The van der Waals surface area contributed by atoms with Crippen molar-refractivity contribution in [2.24, 2.45) is 0 Å². The van der Waals surface area contributed by atoms with Crippen LogP contribution < -0.4 is 5.32 Å². The van der Waals surface area contributed by atoms with Crippen LogP contribution in [0.3, 0.4) is 0 Å². The number of nitrogens with one attached hydrogen (secondary N) is 1. The smallest absolute Gasteiger partial charge is 0.317 e. The van der Waals surface area contributed by atoms with Gasteiger partial charge in [0.05, 0.1) is 0 Å². The quantitative estimate of drug-likeness (QED) is 0.115. The number of benzene rings is 2. The van der Waals surface area contributed by atoms with E-state index in [1.165, 1.54) is 18.4 Å². The number of hydrogen-bond acceptors (Lipinski definition) is 5. The molecule has 0 saturated carbocycles. The maximum Gasteiger partial charge on any atom is 0.317 e. The molecule has 0 fully saturated rings. The number of aromatic nitrogens is 2. The zero-order valence-corrected chi connectivity index (χ0v) is 20.4. The van der Waals surface area contributed by atoms with Gasteiger partial charge in [-0.05, 0) is 23.1 Å². The van der Waals surface area contributed by atoms with Gasteiger partial charge in [0.1, 0.15) is 16.2 Å². The van der Waals surface area contributed by atoms with Crippen LogP contribution in [0.4, 0.5) is 5.82 Å². The van der Waals surface area contributed by atoms with E-state index in [0.717, 1.165) is 42.2 Å². The average molecular weight is 484 g/mol. The van der Waals surface area contributed by atoms with E-state index >= 15 is 0 Å². The Morgan fingerprint density at radius 3 is 2.39 bits per heavy atom. The zero-order valence-electron chi connectivity index (χ0n) is 18.8. The molecule has 0 aliphatic carbocycles. The van der Waals surface area contributed by atoms with Crippen LogP contribution in [0.25, 0.3) is 11.1 Å². The van der Waals surface area contributed by atoms with E-state index in [9.17, 15) is 9.90 Å². The van der Waals surface area contributed by atoms with Crippen molar-refractivity contribution >= 4 is 35.1 Å². The van der Waals surface area contributed by atoms with E-state index < -0.39 is 11.2 Å². The summed E-state index contributed by atoms with van der Waals surface area (Å²) in [6, 6.07) is 20.2. The summed E-state index contributed by atoms with van der Waals surface area (Å²) in [4.78, 5) is 20.4. The van der Waals surface area contributed by atoms with Crippen LogP contribution in [0.5, 0.6) is 0 Å². The summed E-state index contributed by atoms with van der Waals surface area (Å²) in [6.07, 6.45) is 6.02. The predicted octanol–water partition coefficient (Wildman–Crippen LogP) is 7.31. The number of carbonyl (C=O) groups is 1. The molecule has 5 nitrogen and oxygen atoms in total. The van der Waals surface area contributed by atoms with Crippen LogP contribution in [0.15, 0.2) is 65.8 Å². The van der Waals surface area contributed by atoms with E-state index in [-0.39, 0.29) is 0 Å². The van der Waals surface area contributed by atoms with Crippen molar-refractivity contribution in [3.05, 3.63) is 71.4 Å². The Labute approximate surface area is 205 Å². The predicted molar refractivity (Wildman–Crippen MR) is 137 cm³/mol. The number of unbranched alkanes of at least 4 members (excludes halogenated alkanes) is 4. The second-order valence-electron chi connectivity index (χ2n) is 7.92. The summed E-state index contributed by atoms with van der Waals surface area (Å²) in [5.41, 5.74) is 3.45. The van der Waals surface area contributed by atoms with Gasteiger partial charge in [0.15, 0.2) is 5.16 Å². The van der Waals surface area contributed by atoms with Crippen molar-refractivity contribution in [2.45, 2.75) is 62.4 Å². The maximum absolute atomic E-state index is 11.7. The fourth-order valence-corrected chi connectivity index (χ4v) is 4.65. The van der Waals surface area contributed by atoms with Crippen molar-refractivity contribution in [3.8, 4) is 11.1 Å². The molecule has 0 aliphatic heterocycles. The van der Waals surface area contributed by atoms with Gasteiger partial charge in [0.2, 0.25) is 0 Å². The fraction of sp³-hybridized carbons (Fsp3) is 0.346. The number of nitrogens with zero attached hydrogens (tertiary/aromatic N) is 2. The van der Waals surface area contributed by atoms with Gasteiger partial charge in [0.25, 0.3) is 0 Å². The molecule has 1 aromatic heterocycles. The highest BCUT2D eigenvalue weighted by atomic mass is 35.5. The van der Waals surface area contributed by atoms with Crippen molar-refractivity contribution in [3.63, 3.8) is 0 Å². The van der Waals surface area contributed by atoms with Gasteiger partial charge in [-0.1, -0.05) is 117 Å². The fourth-order valence-electron chi connectivity index (χ4n) is 3.47. The molecule has 2 aromatic carbocycles. The number of rotatable bonds is 13. The van der Waals surface area contributed by atoms with Crippen molar-refractivity contribution < 1.29 is 9.90 Å². The molecule has 174 valence electrons. The number of hydrogen-bond donors (Lipinski definition) is 2. The van der Waals surface area contributed by atoms with Crippen molar-refractivity contribution in [1.29, 1.82) is 0 Å². The van der Waals surface area contributed by atoms with Gasteiger partial charge in [0, 0.05) is 12.6 Å². The summed E-state index contributed by atoms with van der Waals surface area (Å²) in [5.74, 6) is -0.260. The van der Waals surface area contributed by atoms with Gasteiger partial charge in [-0.25, -0.2) is 9.97 Å². The Bertz CT molecular complexity index is 1020. The van der Waals surface area contributed by atoms with Gasteiger partial charge < -0.3 is 10.4 Å². The van der Waals surface area contributed by atoms with Crippen LogP contribution in [-0.2, 0) is 11.3 Å². The molecule has 0 radical (unpaired) electrons. The van der Waals surface area contributed by atoms with Gasteiger partial charge >= 0.3 is 5.97 Å². The standard InChI is InChI=1S/C26H30ClN3O2S/c1-2-3-4-5-9-12-22(25(31)32)33-26-29-23(27)17-24(30-26)28-18-19-13-15-21(16-14-19)20-10-7-6-8-11-20/h6-8,10-11,13-17,22H,2-5,9,12,18H2,1H3,(H,31,32)(H,28,29,30). The Balaban J connectivity index is 1.58. The molecule has 7 heteroatoms. The molecule has 0 bridgehead atoms. The number of carboxylic acid groups (broad SMARTS) is 1. The summed E-state index contributed by atoms with van der Waals surface area (Å²) >= 11 is 7.36. The lowest BCUT2D eigenvalue weighted by molar-refractivity contribution is -0.136. The molecule has 1 atom stereocenters. The molecule has 33 heavy (non-hydrogen) atoms. The lowest BCUT2D eigenvalue weighted by Gasteiger charge is -2.12. The zero-order chi connectivity index (χ0) is 23.5. The molecular formula is C26H30ClN3O2S. The van der Waals surface area contributed by atoms with E-state index in [2.05, 4.69) is 58.6 Å². The molecule has 0 aliphatic rings. The Kier molecular flexibility index (Phi) is 10.0. The Morgan fingerprint density at radius 1 is 1.00 bits per heavy atom. The molecule has 3 aromatic rings. The van der Waals surface area contributed by atoms with Gasteiger partial charge in [-0.2, -0.15) is 0 Å². The minimum Gasteiger partial charge on any atom is -0.480 e. The molecule has 0 spiro atoms. The summed E-state index contributed by atoms with van der Waals surface area (Å²) < 4.78 is 0.